The van der Waals surface area contributed by atoms with Gasteiger partial charge in [-0.3, -0.25) is 14.4 Å². The summed E-state index contributed by atoms with van der Waals surface area (Å²) in [6, 6.07) is 0. The molecule has 64 heavy (non-hydrogen) atoms. The molecule has 1 unspecified atom stereocenters. The summed E-state index contributed by atoms with van der Waals surface area (Å²) in [4.78, 5) is 37.9. The summed E-state index contributed by atoms with van der Waals surface area (Å²) in [5.74, 6) is -1.03. The van der Waals surface area contributed by atoms with Gasteiger partial charge in [0, 0.05) is 19.3 Å². The lowest BCUT2D eigenvalue weighted by Gasteiger charge is -2.18. The van der Waals surface area contributed by atoms with Crippen molar-refractivity contribution >= 4 is 17.9 Å². The third kappa shape index (κ3) is 49.1. The van der Waals surface area contributed by atoms with Crippen molar-refractivity contribution in [2.45, 2.75) is 226 Å². The highest BCUT2D eigenvalue weighted by Crippen LogP contribution is 2.13. The number of allylic oxidation sites excluding steroid dienone is 18. The molecule has 0 N–H and O–H groups in total. The maximum Gasteiger partial charge on any atom is 0.306 e. The Morgan fingerprint density at radius 1 is 0.344 bits per heavy atom. The van der Waals surface area contributed by atoms with Crippen LogP contribution in [0.25, 0.3) is 0 Å². The molecule has 0 saturated carbocycles. The lowest BCUT2D eigenvalue weighted by molar-refractivity contribution is -0.167. The van der Waals surface area contributed by atoms with E-state index in [1.807, 2.05) is 54.7 Å². The van der Waals surface area contributed by atoms with Gasteiger partial charge in [-0.1, -0.05) is 220 Å². The zero-order chi connectivity index (χ0) is 46.5. The van der Waals surface area contributed by atoms with E-state index in [9.17, 15) is 14.4 Å². The molecule has 1 atom stereocenters. The summed E-state index contributed by atoms with van der Waals surface area (Å²) in [5.41, 5.74) is 0. The molecule has 0 aliphatic rings. The first-order valence-electron chi connectivity index (χ1n) is 26.0. The van der Waals surface area contributed by atoms with Crippen LogP contribution in [0.2, 0.25) is 0 Å². The zero-order valence-electron chi connectivity index (χ0n) is 41.3. The Kier molecular flexibility index (Phi) is 48.5. The van der Waals surface area contributed by atoms with Crippen molar-refractivity contribution in [2.75, 3.05) is 13.2 Å². The Hall–Kier alpha value is -3.93. The fourth-order valence-corrected chi connectivity index (χ4v) is 6.73. The normalized spacial score (nSPS) is 13.0. The van der Waals surface area contributed by atoms with Gasteiger partial charge in [0.05, 0.1) is 0 Å². The second kappa shape index (κ2) is 51.7. The van der Waals surface area contributed by atoms with Crippen LogP contribution in [0.3, 0.4) is 0 Å². The molecule has 0 aromatic carbocycles. The van der Waals surface area contributed by atoms with Crippen LogP contribution in [0.15, 0.2) is 109 Å². The number of hydrogen-bond donors (Lipinski definition) is 0. The van der Waals surface area contributed by atoms with E-state index in [4.69, 9.17) is 14.2 Å². The molecule has 6 heteroatoms. The summed E-state index contributed by atoms with van der Waals surface area (Å²) >= 11 is 0. The van der Waals surface area contributed by atoms with Crippen LogP contribution in [-0.4, -0.2) is 37.2 Å². The Balaban J connectivity index is 4.54. The Labute approximate surface area is 393 Å². The average Bonchev–Trinajstić information content (AvgIpc) is 3.29. The lowest BCUT2D eigenvalue weighted by atomic mass is 10.1. The molecule has 0 amide bonds. The van der Waals surface area contributed by atoms with E-state index in [0.717, 1.165) is 70.6 Å². The van der Waals surface area contributed by atoms with Gasteiger partial charge in [-0.25, -0.2) is 0 Å². The molecule has 0 aromatic heterocycles. The lowest BCUT2D eigenvalue weighted by Crippen LogP contribution is -2.30. The van der Waals surface area contributed by atoms with Crippen LogP contribution in [0.4, 0.5) is 0 Å². The van der Waals surface area contributed by atoms with Crippen molar-refractivity contribution in [3.05, 3.63) is 109 Å². The number of ether oxygens (including phenoxy) is 3. The Bertz CT molecular complexity index is 1340. The third-order valence-electron chi connectivity index (χ3n) is 10.6. The van der Waals surface area contributed by atoms with Crippen LogP contribution in [0.1, 0.15) is 220 Å². The van der Waals surface area contributed by atoms with Crippen LogP contribution in [0.5, 0.6) is 0 Å². The SMILES string of the molecule is CC\C=C/C=C\C=C/C=C\C=C/CCCC(=O)OCC(COC(=O)CCCCCCCCC/C=C\C/C=C\CCCCC)OC(=O)CCCCC/C=C\C=C/CCCCCCCCC. The summed E-state index contributed by atoms with van der Waals surface area (Å²) < 4.78 is 16.7. The van der Waals surface area contributed by atoms with Crippen molar-refractivity contribution in [3.8, 4) is 0 Å². The minimum absolute atomic E-state index is 0.117. The van der Waals surface area contributed by atoms with Gasteiger partial charge >= 0.3 is 17.9 Å². The highest BCUT2D eigenvalue weighted by Gasteiger charge is 2.19. The van der Waals surface area contributed by atoms with Gasteiger partial charge in [0.15, 0.2) is 6.10 Å². The number of unbranched alkanes of at least 4 members (excludes halogenated alkanes) is 21. The molecule has 362 valence electrons. The smallest absolute Gasteiger partial charge is 0.306 e. The van der Waals surface area contributed by atoms with Gasteiger partial charge < -0.3 is 14.2 Å². The molecule has 0 saturated heterocycles. The largest absolute Gasteiger partial charge is 0.462 e. The topological polar surface area (TPSA) is 78.9 Å². The fraction of sp³-hybridized carbons (Fsp3) is 0.638. The molecule has 0 fully saturated rings. The van der Waals surface area contributed by atoms with Crippen LogP contribution < -0.4 is 0 Å². The first-order valence-corrected chi connectivity index (χ1v) is 26.0. The van der Waals surface area contributed by atoms with E-state index in [1.54, 1.807) is 0 Å². The maximum atomic E-state index is 12.8. The molecule has 0 radical (unpaired) electrons. The van der Waals surface area contributed by atoms with E-state index in [-0.39, 0.29) is 44.0 Å². The second-order valence-electron chi connectivity index (χ2n) is 16.8. The van der Waals surface area contributed by atoms with Gasteiger partial charge in [-0.15, -0.1) is 0 Å². The maximum absolute atomic E-state index is 12.8. The molecular formula is C58H94O6. The van der Waals surface area contributed by atoms with Gasteiger partial charge in [-0.2, -0.15) is 0 Å². The van der Waals surface area contributed by atoms with Crippen molar-refractivity contribution in [1.82, 2.24) is 0 Å². The number of esters is 3. The minimum atomic E-state index is -0.825. The summed E-state index contributed by atoms with van der Waals surface area (Å²) in [7, 11) is 0. The second-order valence-corrected chi connectivity index (χ2v) is 16.8. The van der Waals surface area contributed by atoms with Crippen LogP contribution in [-0.2, 0) is 28.6 Å². The zero-order valence-corrected chi connectivity index (χ0v) is 41.3. The van der Waals surface area contributed by atoms with Crippen molar-refractivity contribution in [2.24, 2.45) is 0 Å². The van der Waals surface area contributed by atoms with Gasteiger partial charge in [-0.05, 0) is 89.9 Å². The molecule has 0 rings (SSSR count). The molecule has 0 spiro atoms. The van der Waals surface area contributed by atoms with Crippen LogP contribution in [0, 0.1) is 0 Å². The fourth-order valence-electron chi connectivity index (χ4n) is 6.73. The van der Waals surface area contributed by atoms with E-state index in [1.165, 1.54) is 96.3 Å². The summed E-state index contributed by atoms with van der Waals surface area (Å²) in [5, 5.41) is 0. The molecule has 0 aromatic rings. The first-order chi connectivity index (χ1) is 31.5. The molecule has 0 heterocycles. The van der Waals surface area contributed by atoms with E-state index >= 15 is 0 Å². The predicted molar refractivity (Wildman–Crippen MR) is 274 cm³/mol. The predicted octanol–water partition coefficient (Wildman–Crippen LogP) is 17.1. The highest BCUT2D eigenvalue weighted by molar-refractivity contribution is 5.71. The van der Waals surface area contributed by atoms with Crippen molar-refractivity contribution < 1.29 is 28.6 Å². The minimum Gasteiger partial charge on any atom is -0.462 e. The number of rotatable bonds is 45. The first kappa shape index (κ1) is 60.1. The van der Waals surface area contributed by atoms with E-state index < -0.39 is 6.10 Å². The summed E-state index contributed by atoms with van der Waals surface area (Å²) in [6.07, 6.45) is 69.4. The standard InChI is InChI=1S/C58H94O6/c1-4-7-10-13-16-19-22-25-27-29-31-33-36-39-42-45-48-51-57(60)63-54-55(53-62-56(59)50-47-44-41-38-35-32-24-21-18-15-12-9-6-3)64-58(61)52-49-46-43-40-37-34-30-28-26-23-20-17-14-11-8-5-2/h9,12,15-16,18-19,21,24-25,27-28,30,32,34-35,37-38,41,55H,4-8,10-11,13-14,17,20,22-23,26,29,31,33,36,39-40,42-54H2,1-3H3/b12-9-,18-15-,19-16-,24-21-,27-25-,30-28-,35-32-,37-34-,41-38-. The monoisotopic (exact) mass is 887 g/mol. The number of carbonyl (C=O) groups excluding carboxylic acids is 3. The third-order valence-corrected chi connectivity index (χ3v) is 10.6. The molecule has 0 aliphatic heterocycles. The Morgan fingerprint density at radius 3 is 1.20 bits per heavy atom. The Morgan fingerprint density at radius 2 is 0.688 bits per heavy atom. The van der Waals surface area contributed by atoms with E-state index in [0.29, 0.717) is 19.3 Å². The molecule has 0 bridgehead atoms. The number of carbonyl (C=O) groups is 3. The van der Waals surface area contributed by atoms with Crippen molar-refractivity contribution in [1.29, 1.82) is 0 Å². The van der Waals surface area contributed by atoms with E-state index in [2.05, 4.69) is 75.5 Å². The van der Waals surface area contributed by atoms with Gasteiger partial charge in [0.25, 0.3) is 0 Å². The molecular weight excluding hydrogens is 793 g/mol. The molecule has 6 nitrogen and oxygen atoms in total. The number of hydrogen-bond acceptors (Lipinski definition) is 6. The highest BCUT2D eigenvalue weighted by atomic mass is 16.6. The average molecular weight is 887 g/mol. The molecule has 0 aliphatic carbocycles. The quantitative estimate of drug-likeness (QED) is 0.0199. The van der Waals surface area contributed by atoms with Gasteiger partial charge in [0.2, 0.25) is 0 Å². The van der Waals surface area contributed by atoms with Crippen LogP contribution >= 0.6 is 0 Å². The van der Waals surface area contributed by atoms with Crippen molar-refractivity contribution in [3.63, 3.8) is 0 Å². The summed E-state index contributed by atoms with van der Waals surface area (Å²) in [6.45, 7) is 6.36. The van der Waals surface area contributed by atoms with Gasteiger partial charge in [0.1, 0.15) is 13.2 Å².